The van der Waals surface area contributed by atoms with E-state index in [0.717, 1.165) is 41.1 Å². The molecule has 180 valence electrons. The molecule has 2 heterocycles. The van der Waals surface area contributed by atoms with E-state index in [1.807, 2.05) is 60.7 Å². The van der Waals surface area contributed by atoms with Crippen LogP contribution in [0.15, 0.2) is 77.3 Å². The van der Waals surface area contributed by atoms with E-state index in [1.165, 1.54) is 0 Å². The number of methoxy groups -OCH3 is 2. The first-order valence-corrected chi connectivity index (χ1v) is 11.7. The molecule has 2 aromatic heterocycles. The quantitative estimate of drug-likeness (QED) is 0.315. The summed E-state index contributed by atoms with van der Waals surface area (Å²) in [6, 6.07) is 20.6. The molecule has 1 aliphatic carbocycles. The molecule has 0 radical (unpaired) electrons. The number of nitrogens with one attached hydrogen (secondary N) is 1. The molecule has 5 aromatic rings. The highest BCUT2D eigenvalue weighted by molar-refractivity contribution is 6.08. The minimum absolute atomic E-state index is 0.285. The van der Waals surface area contributed by atoms with Crippen LogP contribution in [0.3, 0.4) is 0 Å². The van der Waals surface area contributed by atoms with Gasteiger partial charge in [-0.15, -0.1) is 0 Å². The molecular formula is C28H24N4O4. The highest BCUT2D eigenvalue weighted by atomic mass is 16.5. The van der Waals surface area contributed by atoms with E-state index in [0.29, 0.717) is 34.4 Å². The van der Waals surface area contributed by atoms with Crippen molar-refractivity contribution in [2.24, 2.45) is 0 Å². The average Bonchev–Trinajstić information content (AvgIpc) is 3.52. The minimum Gasteiger partial charge on any atom is -0.493 e. The van der Waals surface area contributed by atoms with E-state index in [9.17, 15) is 4.79 Å². The third-order valence-electron chi connectivity index (χ3n) is 6.23. The smallest absolute Gasteiger partial charge is 0.259 e. The van der Waals surface area contributed by atoms with Crippen molar-refractivity contribution < 1.29 is 18.7 Å². The van der Waals surface area contributed by atoms with Gasteiger partial charge in [0, 0.05) is 23.4 Å². The van der Waals surface area contributed by atoms with Crippen molar-refractivity contribution in [3.05, 3.63) is 84.4 Å². The third kappa shape index (κ3) is 4.07. The van der Waals surface area contributed by atoms with Crippen LogP contribution in [-0.4, -0.2) is 34.9 Å². The summed E-state index contributed by atoms with van der Waals surface area (Å²) in [5, 5.41) is 7.76. The van der Waals surface area contributed by atoms with Crippen molar-refractivity contribution in [1.29, 1.82) is 0 Å². The molecule has 0 bridgehead atoms. The fourth-order valence-corrected chi connectivity index (χ4v) is 4.18. The monoisotopic (exact) mass is 480 g/mol. The number of hydrogen-bond donors (Lipinski definition) is 1. The zero-order valence-corrected chi connectivity index (χ0v) is 19.9. The number of carbonyl (C=O) groups excluding carboxylic acids is 1. The van der Waals surface area contributed by atoms with Gasteiger partial charge in [-0.25, -0.2) is 9.67 Å². The predicted molar refractivity (Wildman–Crippen MR) is 136 cm³/mol. The molecule has 0 aliphatic heterocycles. The van der Waals surface area contributed by atoms with Gasteiger partial charge in [0.15, 0.2) is 23.0 Å². The lowest BCUT2D eigenvalue weighted by Gasteiger charge is -2.10. The lowest BCUT2D eigenvalue weighted by Crippen LogP contribution is -2.12. The summed E-state index contributed by atoms with van der Waals surface area (Å²) in [7, 11) is 3.16. The van der Waals surface area contributed by atoms with Gasteiger partial charge in [0.1, 0.15) is 11.2 Å². The van der Waals surface area contributed by atoms with Gasteiger partial charge in [-0.3, -0.25) is 4.79 Å². The van der Waals surface area contributed by atoms with Crippen LogP contribution in [0.2, 0.25) is 0 Å². The van der Waals surface area contributed by atoms with Gasteiger partial charge in [-0.1, -0.05) is 18.2 Å². The normalized spacial score (nSPS) is 13.1. The topological polar surface area (TPSA) is 91.4 Å². The van der Waals surface area contributed by atoms with Gasteiger partial charge < -0.3 is 19.2 Å². The van der Waals surface area contributed by atoms with Crippen molar-refractivity contribution in [3.8, 4) is 28.4 Å². The van der Waals surface area contributed by atoms with E-state index >= 15 is 0 Å². The largest absolute Gasteiger partial charge is 0.493 e. The molecule has 1 aliphatic rings. The molecule has 1 fully saturated rings. The number of carbonyl (C=O) groups is 1. The van der Waals surface area contributed by atoms with Crippen LogP contribution in [0.1, 0.15) is 35.0 Å². The van der Waals surface area contributed by atoms with Crippen LogP contribution < -0.4 is 14.8 Å². The van der Waals surface area contributed by atoms with Gasteiger partial charge in [0.05, 0.1) is 25.5 Å². The minimum atomic E-state index is -0.285. The number of anilines is 1. The maximum absolute atomic E-state index is 13.5. The van der Waals surface area contributed by atoms with Gasteiger partial charge >= 0.3 is 0 Å². The molecule has 0 atom stereocenters. The predicted octanol–water partition coefficient (Wildman–Crippen LogP) is 5.83. The fraction of sp³-hybridized carbons (Fsp3) is 0.179. The molecule has 1 N–H and O–H groups in total. The second kappa shape index (κ2) is 8.88. The van der Waals surface area contributed by atoms with Crippen LogP contribution in [0.5, 0.6) is 11.5 Å². The second-order valence-corrected chi connectivity index (χ2v) is 8.70. The molecule has 1 amide bonds. The third-order valence-corrected chi connectivity index (χ3v) is 6.23. The number of fused-ring (bicyclic) bond motifs is 1. The lowest BCUT2D eigenvalue weighted by atomic mass is 10.1. The SMILES string of the molecule is COc1ccc(-c2nn(-c3ccccc3)cc2C(=O)Nc2ccc3oc(C4CC4)nc3c2)cc1OC. The number of ether oxygens (including phenoxy) is 2. The maximum atomic E-state index is 13.5. The van der Waals surface area contributed by atoms with Gasteiger partial charge in [0.2, 0.25) is 0 Å². The number of amides is 1. The van der Waals surface area contributed by atoms with E-state index < -0.39 is 0 Å². The lowest BCUT2D eigenvalue weighted by molar-refractivity contribution is 0.102. The molecule has 6 rings (SSSR count). The van der Waals surface area contributed by atoms with Crippen LogP contribution >= 0.6 is 0 Å². The number of para-hydroxylation sites is 1. The molecule has 8 nitrogen and oxygen atoms in total. The van der Waals surface area contributed by atoms with E-state index in [2.05, 4.69) is 10.3 Å². The standard InChI is InChI=1S/C28H24N4O4/c1-34-24-12-10-18(14-25(24)35-2)26-21(16-32(31-26)20-6-4-3-5-7-20)27(33)29-19-11-13-23-22(15-19)30-28(36-23)17-8-9-17/h3-7,10-17H,8-9H2,1-2H3,(H,29,33). The number of oxazole rings is 1. The van der Waals surface area contributed by atoms with E-state index in [4.69, 9.17) is 19.0 Å². The summed E-state index contributed by atoms with van der Waals surface area (Å²) in [4.78, 5) is 18.1. The van der Waals surface area contributed by atoms with E-state index in [1.54, 1.807) is 31.2 Å². The van der Waals surface area contributed by atoms with Crippen LogP contribution in [0, 0.1) is 0 Å². The Kier molecular flexibility index (Phi) is 5.41. The van der Waals surface area contributed by atoms with Crippen molar-refractivity contribution >= 4 is 22.7 Å². The molecule has 0 saturated heterocycles. The Labute approximate surface area is 207 Å². The Morgan fingerprint density at radius 1 is 1.00 bits per heavy atom. The zero-order valence-electron chi connectivity index (χ0n) is 19.9. The fourth-order valence-electron chi connectivity index (χ4n) is 4.18. The van der Waals surface area contributed by atoms with Crippen molar-refractivity contribution in [2.75, 3.05) is 19.5 Å². The Morgan fingerprint density at radius 2 is 1.81 bits per heavy atom. The molecule has 3 aromatic carbocycles. The number of hydrogen-bond acceptors (Lipinski definition) is 6. The molecule has 36 heavy (non-hydrogen) atoms. The Bertz CT molecular complexity index is 1570. The summed E-state index contributed by atoms with van der Waals surface area (Å²) >= 11 is 0. The van der Waals surface area contributed by atoms with Crippen molar-refractivity contribution in [1.82, 2.24) is 14.8 Å². The Morgan fingerprint density at radius 3 is 2.56 bits per heavy atom. The molecule has 0 unspecified atom stereocenters. The van der Waals surface area contributed by atoms with Crippen LogP contribution in [0.25, 0.3) is 28.0 Å². The molecule has 0 spiro atoms. The molecule has 1 saturated carbocycles. The van der Waals surface area contributed by atoms with Crippen LogP contribution in [-0.2, 0) is 0 Å². The number of aromatic nitrogens is 3. The Hall–Kier alpha value is -4.59. The number of nitrogens with zero attached hydrogens (tertiary/aromatic N) is 3. The zero-order chi connectivity index (χ0) is 24.6. The van der Waals surface area contributed by atoms with E-state index in [-0.39, 0.29) is 5.91 Å². The maximum Gasteiger partial charge on any atom is 0.259 e. The second-order valence-electron chi connectivity index (χ2n) is 8.70. The molecule has 8 heteroatoms. The van der Waals surface area contributed by atoms with Gasteiger partial charge in [-0.05, 0) is 61.4 Å². The van der Waals surface area contributed by atoms with Gasteiger partial charge in [0.25, 0.3) is 5.91 Å². The van der Waals surface area contributed by atoms with Crippen molar-refractivity contribution in [3.63, 3.8) is 0 Å². The Balaban J connectivity index is 1.38. The summed E-state index contributed by atoms with van der Waals surface area (Å²) < 4.78 is 18.4. The van der Waals surface area contributed by atoms with Crippen LogP contribution in [0.4, 0.5) is 5.69 Å². The van der Waals surface area contributed by atoms with Gasteiger partial charge in [-0.2, -0.15) is 5.10 Å². The first-order chi connectivity index (χ1) is 17.6. The number of rotatable bonds is 7. The van der Waals surface area contributed by atoms with Crippen molar-refractivity contribution in [2.45, 2.75) is 18.8 Å². The number of benzene rings is 3. The highest BCUT2D eigenvalue weighted by Crippen LogP contribution is 2.41. The summed E-state index contributed by atoms with van der Waals surface area (Å²) in [6.07, 6.45) is 3.96. The average molecular weight is 481 g/mol. The first kappa shape index (κ1) is 21.9. The summed E-state index contributed by atoms with van der Waals surface area (Å²) in [5.41, 5.74) is 4.60. The summed E-state index contributed by atoms with van der Waals surface area (Å²) in [5.74, 6) is 2.06. The summed E-state index contributed by atoms with van der Waals surface area (Å²) in [6.45, 7) is 0. The highest BCUT2D eigenvalue weighted by Gasteiger charge is 2.29. The first-order valence-electron chi connectivity index (χ1n) is 11.7. The molecular weight excluding hydrogens is 456 g/mol.